The van der Waals surface area contributed by atoms with Crippen molar-refractivity contribution in [3.63, 3.8) is 0 Å². The summed E-state index contributed by atoms with van der Waals surface area (Å²) in [5.74, 6) is 0. The lowest BCUT2D eigenvalue weighted by atomic mass is 10.2. The molecule has 19 heavy (non-hydrogen) atoms. The van der Waals surface area contributed by atoms with E-state index in [1.807, 2.05) is 13.1 Å². The summed E-state index contributed by atoms with van der Waals surface area (Å²) in [4.78, 5) is 28.5. The van der Waals surface area contributed by atoms with E-state index >= 15 is 0 Å². The zero-order chi connectivity index (χ0) is 13.6. The second-order valence-electron chi connectivity index (χ2n) is 4.69. The summed E-state index contributed by atoms with van der Waals surface area (Å²) >= 11 is 1.38. The number of hydrogen-bond donors (Lipinski definition) is 3. The van der Waals surface area contributed by atoms with E-state index in [-0.39, 0.29) is 0 Å². The Morgan fingerprint density at radius 3 is 2.74 bits per heavy atom. The number of benzene rings is 1. The topological polar surface area (TPSA) is 89.2 Å². The van der Waals surface area contributed by atoms with Gasteiger partial charge in [-0.05, 0) is 43.0 Å². The first kappa shape index (κ1) is 12.5. The molecule has 1 heterocycles. The van der Waals surface area contributed by atoms with Gasteiger partial charge >= 0.3 is 5.69 Å². The average Bonchev–Trinajstić information content (AvgIpc) is 3.09. The van der Waals surface area contributed by atoms with Crippen LogP contribution in [0, 0.1) is 0 Å². The molecule has 3 rings (SSSR count). The van der Waals surface area contributed by atoms with E-state index in [4.69, 9.17) is 0 Å². The fraction of sp³-hybridized carbons (Fsp3) is 0.333. The van der Waals surface area contributed by atoms with Gasteiger partial charge in [0.1, 0.15) is 5.72 Å². The summed E-state index contributed by atoms with van der Waals surface area (Å²) in [6.07, 6.45) is 1.52. The van der Waals surface area contributed by atoms with Crippen LogP contribution >= 0.6 is 11.9 Å². The molecular formula is C12H13N3O3S. The Labute approximate surface area is 112 Å². The molecule has 1 aromatic carbocycles. The van der Waals surface area contributed by atoms with Crippen molar-refractivity contribution in [3.8, 4) is 0 Å². The van der Waals surface area contributed by atoms with E-state index in [1.165, 1.54) is 11.9 Å². The fourth-order valence-electron chi connectivity index (χ4n) is 1.87. The summed E-state index contributed by atoms with van der Waals surface area (Å²) in [7, 11) is 1.82. The van der Waals surface area contributed by atoms with Crippen LogP contribution in [0.15, 0.2) is 32.7 Å². The second-order valence-corrected chi connectivity index (χ2v) is 5.89. The van der Waals surface area contributed by atoms with E-state index in [2.05, 4.69) is 9.97 Å². The summed E-state index contributed by atoms with van der Waals surface area (Å²) in [5, 5.41) is 10.4. The van der Waals surface area contributed by atoms with Gasteiger partial charge in [0.15, 0.2) is 0 Å². The zero-order valence-electron chi connectivity index (χ0n) is 10.3. The number of H-pyrrole nitrogens is 2. The minimum Gasteiger partial charge on any atom is -0.375 e. The highest BCUT2D eigenvalue weighted by atomic mass is 32.2. The van der Waals surface area contributed by atoms with Gasteiger partial charge in [-0.2, -0.15) is 0 Å². The fourth-order valence-corrected chi connectivity index (χ4v) is 2.84. The molecule has 100 valence electrons. The van der Waals surface area contributed by atoms with Gasteiger partial charge in [-0.25, -0.2) is 9.10 Å². The maximum absolute atomic E-state index is 11.7. The van der Waals surface area contributed by atoms with Gasteiger partial charge in [0.05, 0.1) is 10.9 Å². The van der Waals surface area contributed by atoms with Crippen molar-refractivity contribution < 1.29 is 5.11 Å². The third-order valence-electron chi connectivity index (χ3n) is 3.24. The van der Waals surface area contributed by atoms with Crippen LogP contribution < -0.4 is 11.2 Å². The highest BCUT2D eigenvalue weighted by molar-refractivity contribution is 7.97. The van der Waals surface area contributed by atoms with Crippen molar-refractivity contribution in [2.75, 3.05) is 7.05 Å². The van der Waals surface area contributed by atoms with Crippen molar-refractivity contribution in [2.24, 2.45) is 0 Å². The molecule has 0 saturated heterocycles. The second kappa shape index (κ2) is 4.22. The van der Waals surface area contributed by atoms with Crippen molar-refractivity contribution in [2.45, 2.75) is 23.5 Å². The molecule has 0 unspecified atom stereocenters. The Hall–Kier alpha value is -1.57. The third-order valence-corrected chi connectivity index (χ3v) is 4.32. The molecule has 1 aliphatic carbocycles. The van der Waals surface area contributed by atoms with E-state index in [1.54, 1.807) is 16.4 Å². The number of nitrogens with zero attached hydrogens (tertiary/aromatic N) is 1. The third kappa shape index (κ3) is 2.32. The molecule has 6 nitrogen and oxygen atoms in total. The lowest BCUT2D eigenvalue weighted by Crippen LogP contribution is -2.27. The lowest BCUT2D eigenvalue weighted by molar-refractivity contribution is 0.0586. The van der Waals surface area contributed by atoms with Gasteiger partial charge in [-0.3, -0.25) is 9.78 Å². The van der Waals surface area contributed by atoms with Crippen LogP contribution in [0.25, 0.3) is 10.9 Å². The summed E-state index contributed by atoms with van der Waals surface area (Å²) < 4.78 is 1.79. The number of hydrogen-bond acceptors (Lipinski definition) is 5. The van der Waals surface area contributed by atoms with E-state index in [9.17, 15) is 14.7 Å². The van der Waals surface area contributed by atoms with Crippen molar-refractivity contribution >= 4 is 22.9 Å². The van der Waals surface area contributed by atoms with Gasteiger partial charge in [0.25, 0.3) is 5.56 Å². The number of aromatic amines is 2. The maximum atomic E-state index is 11.7. The molecule has 1 saturated carbocycles. The van der Waals surface area contributed by atoms with Crippen LogP contribution in [0.1, 0.15) is 12.8 Å². The average molecular weight is 279 g/mol. The van der Waals surface area contributed by atoms with Crippen LogP contribution in [-0.2, 0) is 0 Å². The van der Waals surface area contributed by atoms with E-state index < -0.39 is 17.0 Å². The maximum Gasteiger partial charge on any atom is 0.326 e. The number of aliphatic hydroxyl groups is 1. The number of rotatable bonds is 3. The Kier molecular flexibility index (Phi) is 2.77. The predicted octanol–water partition coefficient (Wildman–Crippen LogP) is 0.638. The Balaban J connectivity index is 1.98. The minimum absolute atomic E-state index is 0.408. The minimum atomic E-state index is -0.725. The molecule has 3 N–H and O–H groups in total. The van der Waals surface area contributed by atoms with Crippen LogP contribution in [-0.4, -0.2) is 32.2 Å². The monoisotopic (exact) mass is 279 g/mol. The summed E-state index contributed by atoms with van der Waals surface area (Å²) in [5.41, 5.74) is -1.14. The van der Waals surface area contributed by atoms with Gasteiger partial charge in [0, 0.05) is 11.9 Å². The van der Waals surface area contributed by atoms with Gasteiger partial charge < -0.3 is 10.1 Å². The van der Waals surface area contributed by atoms with Crippen LogP contribution in [0.2, 0.25) is 0 Å². The summed E-state index contributed by atoms with van der Waals surface area (Å²) in [6.45, 7) is 0. The molecule has 0 spiro atoms. The summed E-state index contributed by atoms with van der Waals surface area (Å²) in [6, 6.07) is 5.21. The quantitative estimate of drug-likeness (QED) is 0.566. The Morgan fingerprint density at radius 1 is 1.32 bits per heavy atom. The SMILES string of the molecule is CN(Sc1ccc2[nH]c(=O)[nH]c(=O)c2c1)C1(O)CC1. The molecule has 0 radical (unpaired) electrons. The first-order chi connectivity index (χ1) is 8.98. The molecule has 1 aromatic heterocycles. The molecule has 1 fully saturated rings. The first-order valence-electron chi connectivity index (χ1n) is 5.88. The predicted molar refractivity (Wildman–Crippen MR) is 73.0 cm³/mol. The van der Waals surface area contributed by atoms with Crippen molar-refractivity contribution in [3.05, 3.63) is 39.0 Å². The smallest absolute Gasteiger partial charge is 0.326 e. The number of aromatic nitrogens is 2. The van der Waals surface area contributed by atoms with Gasteiger partial charge in [0.2, 0.25) is 0 Å². The molecule has 0 atom stereocenters. The van der Waals surface area contributed by atoms with Gasteiger partial charge in [-0.1, -0.05) is 0 Å². The molecule has 1 aliphatic rings. The standard InChI is InChI=1S/C12H13N3O3S/c1-15(12(18)4-5-12)19-7-2-3-9-8(6-7)10(16)14-11(17)13-9/h2-3,6,18H,4-5H2,1H3,(H2,13,14,16,17). The van der Waals surface area contributed by atoms with E-state index in [0.29, 0.717) is 10.9 Å². The Bertz CT molecular complexity index is 748. The Morgan fingerprint density at radius 2 is 2.05 bits per heavy atom. The molecule has 2 aromatic rings. The van der Waals surface area contributed by atoms with Crippen LogP contribution in [0.3, 0.4) is 0 Å². The van der Waals surface area contributed by atoms with Gasteiger partial charge in [-0.15, -0.1) is 0 Å². The highest BCUT2D eigenvalue weighted by Crippen LogP contribution is 2.43. The highest BCUT2D eigenvalue weighted by Gasteiger charge is 2.45. The zero-order valence-corrected chi connectivity index (χ0v) is 11.1. The van der Waals surface area contributed by atoms with Crippen LogP contribution in [0.5, 0.6) is 0 Å². The number of nitrogens with one attached hydrogen (secondary N) is 2. The molecule has 0 amide bonds. The number of fused-ring (bicyclic) bond motifs is 1. The lowest BCUT2D eigenvalue weighted by Gasteiger charge is -2.21. The van der Waals surface area contributed by atoms with Crippen LogP contribution in [0.4, 0.5) is 0 Å². The normalized spacial score (nSPS) is 17.0. The molecular weight excluding hydrogens is 266 g/mol. The first-order valence-corrected chi connectivity index (χ1v) is 6.66. The molecule has 0 aliphatic heterocycles. The molecule has 0 bridgehead atoms. The van der Waals surface area contributed by atoms with Crippen molar-refractivity contribution in [1.29, 1.82) is 0 Å². The molecule has 7 heteroatoms. The largest absolute Gasteiger partial charge is 0.375 e. The van der Waals surface area contributed by atoms with E-state index in [0.717, 1.165) is 17.7 Å². The van der Waals surface area contributed by atoms with Crippen molar-refractivity contribution in [1.82, 2.24) is 14.3 Å².